The molecule has 2 rings (SSSR count). The molecule has 0 N–H and O–H groups in total. The molecule has 2 aromatic carbocycles. The van der Waals surface area contributed by atoms with Crippen LogP contribution in [0, 0.1) is 0 Å². The summed E-state index contributed by atoms with van der Waals surface area (Å²) in [5.74, 6) is 1.78. The third-order valence-electron chi connectivity index (χ3n) is 3.33. The Labute approximate surface area is 120 Å². The molecule has 0 aromatic heterocycles. The van der Waals surface area contributed by atoms with Crippen LogP contribution in [-0.4, -0.2) is 20.8 Å². The van der Waals surface area contributed by atoms with Crippen molar-refractivity contribution in [3.8, 4) is 11.5 Å². The van der Waals surface area contributed by atoms with Gasteiger partial charge in [-0.2, -0.15) is 0 Å². The Kier molecular flexibility index (Phi) is 4.88. The van der Waals surface area contributed by atoms with Crippen LogP contribution in [-0.2, 0) is 6.54 Å². The van der Waals surface area contributed by atoms with Gasteiger partial charge in [0, 0.05) is 18.8 Å². The summed E-state index contributed by atoms with van der Waals surface area (Å²) in [4.78, 5) is 2.31. The highest BCUT2D eigenvalue weighted by Crippen LogP contribution is 2.22. The Morgan fingerprint density at radius 3 is 2.20 bits per heavy atom. The first-order valence-corrected chi connectivity index (χ1v) is 6.78. The summed E-state index contributed by atoms with van der Waals surface area (Å²) < 4.78 is 10.5. The van der Waals surface area contributed by atoms with Gasteiger partial charge in [0.1, 0.15) is 11.5 Å². The quantitative estimate of drug-likeness (QED) is 0.799. The molecule has 0 radical (unpaired) electrons. The summed E-state index contributed by atoms with van der Waals surface area (Å²) in [5, 5.41) is 0. The van der Waals surface area contributed by atoms with Crippen molar-refractivity contribution in [3.05, 3.63) is 54.1 Å². The molecule has 0 aliphatic rings. The van der Waals surface area contributed by atoms with Crippen molar-refractivity contribution in [1.82, 2.24) is 0 Å². The van der Waals surface area contributed by atoms with Gasteiger partial charge in [0.2, 0.25) is 0 Å². The molecule has 0 fully saturated rings. The van der Waals surface area contributed by atoms with E-state index in [-0.39, 0.29) is 0 Å². The zero-order valence-electron chi connectivity index (χ0n) is 12.3. The lowest BCUT2D eigenvalue weighted by molar-refractivity contribution is 0.414. The summed E-state index contributed by atoms with van der Waals surface area (Å²) in [6, 6.07) is 16.3. The number of hydrogen-bond acceptors (Lipinski definition) is 3. The lowest BCUT2D eigenvalue weighted by Crippen LogP contribution is -2.21. The molecule has 0 spiro atoms. The number of rotatable bonds is 6. The Morgan fingerprint density at radius 2 is 1.60 bits per heavy atom. The van der Waals surface area contributed by atoms with E-state index >= 15 is 0 Å². The van der Waals surface area contributed by atoms with Gasteiger partial charge in [0.15, 0.2) is 0 Å². The van der Waals surface area contributed by atoms with E-state index < -0.39 is 0 Å². The first-order chi connectivity index (χ1) is 9.76. The first-order valence-electron chi connectivity index (χ1n) is 6.78. The minimum absolute atomic E-state index is 0.861. The standard InChI is InChI=1S/C17H21NO2/c1-4-18(15-8-10-16(19-2)11-9-15)13-14-6-5-7-17(12-14)20-3/h5-12H,4,13H2,1-3H3. The zero-order valence-corrected chi connectivity index (χ0v) is 12.3. The largest absolute Gasteiger partial charge is 0.497 e. The van der Waals surface area contributed by atoms with Crippen molar-refractivity contribution in [2.75, 3.05) is 25.7 Å². The fourth-order valence-corrected chi connectivity index (χ4v) is 2.17. The first kappa shape index (κ1) is 14.3. The molecule has 2 aromatic rings. The predicted molar refractivity (Wildman–Crippen MR) is 82.7 cm³/mol. The number of methoxy groups -OCH3 is 2. The molecule has 3 heteroatoms. The van der Waals surface area contributed by atoms with Crippen molar-refractivity contribution in [2.24, 2.45) is 0 Å². The van der Waals surface area contributed by atoms with E-state index in [1.807, 2.05) is 24.3 Å². The maximum Gasteiger partial charge on any atom is 0.119 e. The van der Waals surface area contributed by atoms with Gasteiger partial charge in [-0.25, -0.2) is 0 Å². The smallest absolute Gasteiger partial charge is 0.119 e. The van der Waals surface area contributed by atoms with Crippen LogP contribution in [0.1, 0.15) is 12.5 Å². The van der Waals surface area contributed by atoms with E-state index in [1.165, 1.54) is 11.3 Å². The second kappa shape index (κ2) is 6.85. The molecule has 0 saturated carbocycles. The van der Waals surface area contributed by atoms with Crippen molar-refractivity contribution in [2.45, 2.75) is 13.5 Å². The number of hydrogen-bond donors (Lipinski definition) is 0. The van der Waals surface area contributed by atoms with Crippen LogP contribution >= 0.6 is 0 Å². The van der Waals surface area contributed by atoms with Crippen molar-refractivity contribution >= 4 is 5.69 Å². The summed E-state index contributed by atoms with van der Waals surface area (Å²) in [5.41, 5.74) is 2.43. The molecule has 0 amide bonds. The van der Waals surface area contributed by atoms with Gasteiger partial charge in [0.25, 0.3) is 0 Å². The fourth-order valence-electron chi connectivity index (χ4n) is 2.17. The Bertz CT molecular complexity index is 537. The van der Waals surface area contributed by atoms with Gasteiger partial charge < -0.3 is 14.4 Å². The van der Waals surface area contributed by atoms with Gasteiger partial charge in [-0.05, 0) is 48.9 Å². The lowest BCUT2D eigenvalue weighted by atomic mass is 10.2. The van der Waals surface area contributed by atoms with E-state index in [2.05, 4.69) is 36.1 Å². The zero-order chi connectivity index (χ0) is 14.4. The van der Waals surface area contributed by atoms with Crippen LogP contribution in [0.4, 0.5) is 5.69 Å². The Balaban J connectivity index is 2.14. The molecule has 0 saturated heterocycles. The van der Waals surface area contributed by atoms with Gasteiger partial charge in [0.05, 0.1) is 14.2 Å². The average Bonchev–Trinajstić information content (AvgIpc) is 2.53. The van der Waals surface area contributed by atoms with Crippen LogP contribution in [0.3, 0.4) is 0 Å². The third kappa shape index (κ3) is 3.44. The van der Waals surface area contributed by atoms with E-state index in [4.69, 9.17) is 9.47 Å². The third-order valence-corrected chi connectivity index (χ3v) is 3.33. The second-order valence-corrected chi connectivity index (χ2v) is 4.56. The van der Waals surface area contributed by atoms with Crippen molar-refractivity contribution < 1.29 is 9.47 Å². The fraction of sp³-hybridized carbons (Fsp3) is 0.294. The van der Waals surface area contributed by atoms with Gasteiger partial charge >= 0.3 is 0 Å². The Hall–Kier alpha value is -2.16. The average molecular weight is 271 g/mol. The Morgan fingerprint density at radius 1 is 0.900 bits per heavy atom. The molecule has 3 nitrogen and oxygen atoms in total. The molecular formula is C17H21NO2. The number of anilines is 1. The molecule has 0 atom stereocenters. The van der Waals surface area contributed by atoms with Crippen LogP contribution < -0.4 is 14.4 Å². The molecule has 106 valence electrons. The minimum Gasteiger partial charge on any atom is -0.497 e. The topological polar surface area (TPSA) is 21.7 Å². The summed E-state index contributed by atoms with van der Waals surface area (Å²) in [7, 11) is 3.38. The maximum absolute atomic E-state index is 5.27. The number of benzene rings is 2. The van der Waals surface area contributed by atoms with E-state index in [1.54, 1.807) is 14.2 Å². The summed E-state index contributed by atoms with van der Waals surface area (Å²) in [6.07, 6.45) is 0. The minimum atomic E-state index is 0.861. The molecule has 0 bridgehead atoms. The molecule has 0 unspecified atom stereocenters. The SMILES string of the molecule is CCN(Cc1cccc(OC)c1)c1ccc(OC)cc1. The number of ether oxygens (including phenoxy) is 2. The second-order valence-electron chi connectivity index (χ2n) is 4.56. The molecule has 20 heavy (non-hydrogen) atoms. The van der Waals surface area contributed by atoms with Crippen LogP contribution in [0.5, 0.6) is 11.5 Å². The van der Waals surface area contributed by atoms with Gasteiger partial charge in [-0.1, -0.05) is 12.1 Å². The van der Waals surface area contributed by atoms with Crippen molar-refractivity contribution in [1.29, 1.82) is 0 Å². The lowest BCUT2D eigenvalue weighted by Gasteiger charge is -2.23. The monoisotopic (exact) mass is 271 g/mol. The molecule has 0 aliphatic heterocycles. The van der Waals surface area contributed by atoms with Gasteiger partial charge in [-0.3, -0.25) is 0 Å². The van der Waals surface area contributed by atoms with Crippen LogP contribution in [0.15, 0.2) is 48.5 Å². The van der Waals surface area contributed by atoms with E-state index in [0.29, 0.717) is 0 Å². The van der Waals surface area contributed by atoms with Crippen molar-refractivity contribution in [3.63, 3.8) is 0 Å². The van der Waals surface area contributed by atoms with Gasteiger partial charge in [-0.15, -0.1) is 0 Å². The predicted octanol–water partition coefficient (Wildman–Crippen LogP) is 3.73. The highest BCUT2D eigenvalue weighted by atomic mass is 16.5. The highest BCUT2D eigenvalue weighted by Gasteiger charge is 2.06. The maximum atomic E-state index is 5.27. The normalized spacial score (nSPS) is 10.2. The summed E-state index contributed by atoms with van der Waals surface area (Å²) in [6.45, 7) is 3.97. The molecule has 0 aliphatic carbocycles. The van der Waals surface area contributed by atoms with Crippen LogP contribution in [0.25, 0.3) is 0 Å². The highest BCUT2D eigenvalue weighted by molar-refractivity contribution is 5.49. The summed E-state index contributed by atoms with van der Waals surface area (Å²) >= 11 is 0. The molecule has 0 heterocycles. The van der Waals surface area contributed by atoms with Crippen LogP contribution in [0.2, 0.25) is 0 Å². The number of nitrogens with zero attached hydrogens (tertiary/aromatic N) is 1. The van der Waals surface area contributed by atoms with E-state index in [0.717, 1.165) is 24.6 Å². The molecular weight excluding hydrogens is 250 g/mol. The van der Waals surface area contributed by atoms with E-state index in [9.17, 15) is 0 Å².